The van der Waals surface area contributed by atoms with Crippen molar-refractivity contribution >= 4 is 22.8 Å². The average Bonchev–Trinajstić information content (AvgIpc) is 3.12. The van der Waals surface area contributed by atoms with Crippen LogP contribution < -0.4 is 10.6 Å². The van der Waals surface area contributed by atoms with E-state index in [1.807, 2.05) is 30.8 Å². The normalized spacial score (nSPS) is 19.3. The van der Waals surface area contributed by atoms with Gasteiger partial charge in [0.2, 0.25) is 0 Å². The summed E-state index contributed by atoms with van der Waals surface area (Å²) in [6, 6.07) is 3.92. The van der Waals surface area contributed by atoms with E-state index >= 15 is 0 Å². The van der Waals surface area contributed by atoms with Gasteiger partial charge in [0.15, 0.2) is 0 Å². The lowest BCUT2D eigenvalue weighted by molar-refractivity contribution is 0.142. The molecule has 0 bridgehead atoms. The number of anilines is 1. The van der Waals surface area contributed by atoms with E-state index in [0.29, 0.717) is 6.54 Å². The van der Waals surface area contributed by atoms with Gasteiger partial charge in [-0.25, -0.2) is 9.78 Å². The van der Waals surface area contributed by atoms with Gasteiger partial charge in [-0.05, 0) is 25.5 Å². The van der Waals surface area contributed by atoms with Gasteiger partial charge in [-0.3, -0.25) is 0 Å². The van der Waals surface area contributed by atoms with Gasteiger partial charge in [-0.15, -0.1) is 0 Å². The number of aromatic nitrogens is 2. The van der Waals surface area contributed by atoms with Crippen LogP contribution in [0.3, 0.4) is 0 Å². The van der Waals surface area contributed by atoms with Gasteiger partial charge < -0.3 is 25.2 Å². The van der Waals surface area contributed by atoms with Crippen molar-refractivity contribution in [3.8, 4) is 0 Å². The third-order valence-corrected chi connectivity index (χ3v) is 4.66. The number of hydrogen-bond donors (Lipinski definition) is 2. The molecule has 7 nitrogen and oxygen atoms in total. The molecule has 124 valence electrons. The van der Waals surface area contributed by atoms with Crippen LogP contribution in [0.4, 0.5) is 10.5 Å². The first-order chi connectivity index (χ1) is 10.9. The van der Waals surface area contributed by atoms with Crippen LogP contribution in [0.15, 0.2) is 18.3 Å². The standard InChI is InChI=1S/C16H23N5O2/c1-10(17)15-14(8-13-12(18-15)5-6-19(13)2)21-7-4-11(9-21)20(3)16(22)23/h5-6,8,10-11H,4,7,9,17H2,1-3H3,(H,22,23)/t10-,11-/m0/s1. The Labute approximate surface area is 135 Å². The van der Waals surface area contributed by atoms with Crippen LogP contribution >= 0.6 is 0 Å². The maximum atomic E-state index is 11.2. The molecule has 3 rings (SSSR count). The van der Waals surface area contributed by atoms with Crippen molar-refractivity contribution in [3.63, 3.8) is 0 Å². The van der Waals surface area contributed by atoms with Crippen LogP contribution in [0.1, 0.15) is 25.1 Å². The second-order valence-electron chi connectivity index (χ2n) is 6.29. The minimum absolute atomic E-state index is 0.00228. The molecule has 7 heteroatoms. The summed E-state index contributed by atoms with van der Waals surface area (Å²) < 4.78 is 2.04. The molecule has 0 radical (unpaired) electrons. The van der Waals surface area contributed by atoms with Crippen molar-refractivity contribution in [3.05, 3.63) is 24.0 Å². The third kappa shape index (κ3) is 2.72. The Hall–Kier alpha value is -2.28. The smallest absolute Gasteiger partial charge is 0.407 e. The lowest BCUT2D eigenvalue weighted by atomic mass is 10.1. The van der Waals surface area contributed by atoms with Crippen LogP contribution in [0.5, 0.6) is 0 Å². The molecule has 1 saturated heterocycles. The van der Waals surface area contributed by atoms with Crippen molar-refractivity contribution in [2.24, 2.45) is 12.8 Å². The molecule has 2 aromatic rings. The van der Waals surface area contributed by atoms with Crippen molar-refractivity contribution in [1.82, 2.24) is 14.5 Å². The van der Waals surface area contributed by atoms with Crippen molar-refractivity contribution < 1.29 is 9.90 Å². The summed E-state index contributed by atoms with van der Waals surface area (Å²) in [7, 11) is 3.62. The summed E-state index contributed by atoms with van der Waals surface area (Å²) in [5.41, 5.74) is 9.98. The van der Waals surface area contributed by atoms with Crippen molar-refractivity contribution in [1.29, 1.82) is 0 Å². The zero-order valence-electron chi connectivity index (χ0n) is 13.7. The van der Waals surface area contributed by atoms with Gasteiger partial charge in [-0.2, -0.15) is 0 Å². The van der Waals surface area contributed by atoms with Crippen LogP contribution in [-0.2, 0) is 7.05 Å². The largest absolute Gasteiger partial charge is 0.465 e. The molecule has 1 aliphatic rings. The van der Waals surface area contributed by atoms with E-state index in [1.54, 1.807) is 7.05 Å². The molecule has 1 amide bonds. The summed E-state index contributed by atoms with van der Waals surface area (Å²) in [5, 5.41) is 9.16. The molecular weight excluding hydrogens is 294 g/mol. The molecule has 2 atom stereocenters. The minimum Gasteiger partial charge on any atom is -0.465 e. The molecule has 0 aliphatic carbocycles. The number of likely N-dealkylation sites (N-methyl/N-ethyl adjacent to an activating group) is 1. The summed E-state index contributed by atoms with van der Waals surface area (Å²) in [6.45, 7) is 3.40. The molecule has 3 N–H and O–H groups in total. The monoisotopic (exact) mass is 317 g/mol. The topological polar surface area (TPSA) is 87.6 Å². The van der Waals surface area contributed by atoms with E-state index in [-0.39, 0.29) is 12.1 Å². The summed E-state index contributed by atoms with van der Waals surface area (Å²) in [5.74, 6) is 0. The maximum absolute atomic E-state index is 11.2. The Kier molecular flexibility index (Phi) is 3.89. The van der Waals surface area contributed by atoms with Gasteiger partial charge in [0.05, 0.1) is 28.5 Å². The fourth-order valence-electron chi connectivity index (χ4n) is 3.21. The maximum Gasteiger partial charge on any atom is 0.407 e. The predicted octanol–water partition coefficient (Wildman–Crippen LogP) is 1.78. The molecule has 0 unspecified atom stereocenters. The molecule has 1 aliphatic heterocycles. The SMILES string of the molecule is C[C@H](N)c1nc2ccn(C)c2cc1N1CC[C@H](N(C)C(=O)O)C1. The number of carboxylic acid groups (broad SMARTS) is 1. The number of fused-ring (bicyclic) bond motifs is 1. The van der Waals surface area contributed by atoms with Gasteiger partial charge in [-0.1, -0.05) is 0 Å². The van der Waals surface area contributed by atoms with Crippen LogP contribution in [-0.4, -0.2) is 51.8 Å². The Morgan fingerprint density at radius 3 is 2.96 bits per heavy atom. The first kappa shape index (κ1) is 15.6. The van der Waals surface area contributed by atoms with Crippen LogP contribution in [0, 0.1) is 0 Å². The molecule has 0 saturated carbocycles. The molecule has 2 aromatic heterocycles. The number of amides is 1. The van der Waals surface area contributed by atoms with E-state index in [4.69, 9.17) is 15.8 Å². The van der Waals surface area contributed by atoms with Crippen molar-refractivity contribution in [2.45, 2.75) is 25.4 Å². The molecule has 23 heavy (non-hydrogen) atoms. The molecular formula is C16H23N5O2. The van der Waals surface area contributed by atoms with Crippen LogP contribution in [0.25, 0.3) is 11.0 Å². The Balaban J connectivity index is 1.97. The fraction of sp³-hybridized carbons (Fsp3) is 0.500. The number of hydrogen-bond acceptors (Lipinski definition) is 4. The Bertz CT molecular complexity index is 739. The van der Waals surface area contributed by atoms with Crippen LogP contribution in [0.2, 0.25) is 0 Å². The lowest BCUT2D eigenvalue weighted by Crippen LogP contribution is -2.38. The number of rotatable bonds is 3. The first-order valence-electron chi connectivity index (χ1n) is 7.80. The predicted molar refractivity (Wildman–Crippen MR) is 89.7 cm³/mol. The second-order valence-corrected chi connectivity index (χ2v) is 6.29. The van der Waals surface area contributed by atoms with Crippen molar-refractivity contribution in [2.75, 3.05) is 25.0 Å². The van der Waals surface area contributed by atoms with E-state index in [2.05, 4.69) is 11.0 Å². The summed E-state index contributed by atoms with van der Waals surface area (Å²) >= 11 is 0. The quantitative estimate of drug-likeness (QED) is 0.901. The first-order valence-corrected chi connectivity index (χ1v) is 7.80. The zero-order chi connectivity index (χ0) is 16.7. The second kappa shape index (κ2) is 5.73. The average molecular weight is 317 g/mol. The highest BCUT2D eigenvalue weighted by Gasteiger charge is 2.30. The highest BCUT2D eigenvalue weighted by Crippen LogP contribution is 2.31. The van der Waals surface area contributed by atoms with E-state index in [0.717, 1.165) is 35.4 Å². The third-order valence-electron chi connectivity index (χ3n) is 4.66. The molecule has 0 spiro atoms. The van der Waals surface area contributed by atoms with Gasteiger partial charge in [0.25, 0.3) is 0 Å². The number of pyridine rings is 1. The number of nitrogens with two attached hydrogens (primary N) is 1. The fourth-order valence-corrected chi connectivity index (χ4v) is 3.21. The highest BCUT2D eigenvalue weighted by atomic mass is 16.4. The molecule has 3 heterocycles. The number of nitrogens with zero attached hydrogens (tertiary/aromatic N) is 4. The van der Waals surface area contributed by atoms with Gasteiger partial charge in [0, 0.05) is 39.4 Å². The number of aryl methyl sites for hydroxylation is 1. The summed E-state index contributed by atoms with van der Waals surface area (Å²) in [4.78, 5) is 19.5. The highest BCUT2D eigenvalue weighted by molar-refractivity contribution is 5.81. The summed E-state index contributed by atoms with van der Waals surface area (Å²) in [6.07, 6.45) is 1.91. The van der Waals surface area contributed by atoms with E-state index in [1.165, 1.54) is 4.90 Å². The van der Waals surface area contributed by atoms with E-state index < -0.39 is 6.09 Å². The van der Waals surface area contributed by atoms with E-state index in [9.17, 15) is 4.79 Å². The number of carbonyl (C=O) groups is 1. The Morgan fingerprint density at radius 1 is 1.57 bits per heavy atom. The molecule has 1 fully saturated rings. The van der Waals surface area contributed by atoms with Gasteiger partial charge >= 0.3 is 6.09 Å². The zero-order valence-corrected chi connectivity index (χ0v) is 13.7. The lowest BCUT2D eigenvalue weighted by Gasteiger charge is -2.25. The minimum atomic E-state index is -0.889. The molecule has 0 aromatic carbocycles. The Morgan fingerprint density at radius 2 is 2.30 bits per heavy atom. The van der Waals surface area contributed by atoms with Gasteiger partial charge in [0.1, 0.15) is 0 Å².